The number of nitrogens with zero attached hydrogens (tertiary/aromatic N) is 4. The van der Waals surface area contributed by atoms with Gasteiger partial charge in [0.25, 0.3) is 5.91 Å². The molecular formula is C30H42N6O4S. The van der Waals surface area contributed by atoms with Crippen LogP contribution in [0.2, 0.25) is 0 Å². The molecule has 3 atom stereocenters. The highest BCUT2D eigenvalue weighted by Gasteiger charge is 2.42. The zero-order chi connectivity index (χ0) is 29.1. The second kappa shape index (κ2) is 12.4. The van der Waals surface area contributed by atoms with Crippen LogP contribution in [0.5, 0.6) is 0 Å². The van der Waals surface area contributed by atoms with Crippen LogP contribution < -0.4 is 10.6 Å². The Bertz CT molecular complexity index is 1330. The first-order valence-corrected chi connectivity index (χ1v) is 16.8. The van der Waals surface area contributed by atoms with Gasteiger partial charge in [-0.15, -0.1) is 0 Å². The van der Waals surface area contributed by atoms with Crippen molar-refractivity contribution in [2.45, 2.75) is 52.0 Å². The van der Waals surface area contributed by atoms with Gasteiger partial charge < -0.3 is 20.4 Å². The summed E-state index contributed by atoms with van der Waals surface area (Å²) >= 11 is 0. The van der Waals surface area contributed by atoms with Gasteiger partial charge in [0, 0.05) is 44.9 Å². The lowest BCUT2D eigenvalue weighted by Gasteiger charge is -2.26. The smallest absolute Gasteiger partial charge is 0.257 e. The van der Waals surface area contributed by atoms with Gasteiger partial charge in [-0.05, 0) is 50.5 Å². The zero-order valence-electron chi connectivity index (χ0n) is 24.3. The lowest BCUT2D eigenvalue weighted by molar-refractivity contribution is -0.125. The Morgan fingerprint density at radius 3 is 2.17 bits per heavy atom. The highest BCUT2D eigenvalue weighted by molar-refractivity contribution is 7.90. The van der Waals surface area contributed by atoms with Gasteiger partial charge in [0.1, 0.15) is 5.88 Å². The number of fused-ring (bicyclic) bond motifs is 1. The highest BCUT2D eigenvalue weighted by Crippen LogP contribution is 2.33. The molecule has 2 aliphatic heterocycles. The van der Waals surface area contributed by atoms with Gasteiger partial charge in [0.05, 0.1) is 23.0 Å². The number of carbonyl (C=O) groups excluding carboxylic acids is 2. The first kappa shape index (κ1) is 29.4. The number of benzene rings is 1. The molecule has 2 saturated heterocycles. The fraction of sp³-hybridized carbons (Fsp3) is 0.600. The second-order valence-corrected chi connectivity index (χ2v) is 14.2. The predicted molar refractivity (Wildman–Crippen MR) is 158 cm³/mol. The number of aromatic nitrogens is 2. The van der Waals surface area contributed by atoms with Gasteiger partial charge in [-0.2, -0.15) is 0 Å². The van der Waals surface area contributed by atoms with Crippen LogP contribution >= 0.6 is 0 Å². The largest absolute Gasteiger partial charge is 0.349 e. The molecule has 2 N–H and O–H groups in total. The van der Waals surface area contributed by atoms with Crippen molar-refractivity contribution in [2.75, 3.05) is 50.2 Å². The van der Waals surface area contributed by atoms with E-state index in [0.29, 0.717) is 41.9 Å². The van der Waals surface area contributed by atoms with Crippen molar-refractivity contribution in [1.82, 2.24) is 25.1 Å². The molecule has 3 heterocycles. The predicted octanol–water partition coefficient (Wildman–Crippen LogP) is 2.95. The molecule has 41 heavy (non-hydrogen) atoms. The third kappa shape index (κ3) is 7.24. The zero-order valence-corrected chi connectivity index (χ0v) is 25.1. The van der Waals surface area contributed by atoms with E-state index < -0.39 is 9.84 Å². The average molecular weight is 583 g/mol. The SMILES string of the molecule is Cc1nc(NCS(C)(=O)=O)nc(C)c1C(=O)N1CC2CN(CCC(NC(=O)C3CCCC3)c3ccccc3)C[C@H]2C1. The Hall–Kier alpha value is -3.05. The first-order chi connectivity index (χ1) is 19.6. The number of amides is 2. The van der Waals surface area contributed by atoms with Crippen molar-refractivity contribution in [3.8, 4) is 0 Å². The fourth-order valence-corrected chi connectivity index (χ4v) is 7.09. The number of rotatable bonds is 10. The van der Waals surface area contributed by atoms with Crippen LogP contribution in [0.15, 0.2) is 30.3 Å². The number of anilines is 1. The molecule has 1 aliphatic carbocycles. The lowest BCUT2D eigenvalue weighted by atomic mass is 10.0. The molecule has 2 aromatic rings. The minimum atomic E-state index is -3.22. The summed E-state index contributed by atoms with van der Waals surface area (Å²) in [5, 5.41) is 6.08. The maximum absolute atomic E-state index is 13.5. The minimum absolute atomic E-state index is 0.00339. The molecule has 0 spiro atoms. The van der Waals surface area contributed by atoms with Crippen molar-refractivity contribution in [2.24, 2.45) is 17.8 Å². The normalized spacial score (nSPS) is 22.1. The van der Waals surface area contributed by atoms with E-state index in [-0.39, 0.29) is 35.6 Å². The van der Waals surface area contributed by atoms with Gasteiger partial charge in [-0.25, -0.2) is 18.4 Å². The van der Waals surface area contributed by atoms with Crippen LogP contribution in [-0.2, 0) is 14.6 Å². The summed E-state index contributed by atoms with van der Waals surface area (Å²) in [6.07, 6.45) is 6.27. The van der Waals surface area contributed by atoms with E-state index in [1.807, 2.05) is 23.1 Å². The van der Waals surface area contributed by atoms with Gasteiger partial charge in [0.2, 0.25) is 11.9 Å². The maximum Gasteiger partial charge on any atom is 0.257 e. The molecule has 222 valence electrons. The van der Waals surface area contributed by atoms with Crippen LogP contribution in [0.3, 0.4) is 0 Å². The quantitative estimate of drug-likeness (QED) is 0.438. The molecule has 2 unspecified atom stereocenters. The van der Waals surface area contributed by atoms with E-state index in [2.05, 4.69) is 37.6 Å². The number of hydrogen-bond donors (Lipinski definition) is 2. The van der Waals surface area contributed by atoms with Crippen molar-refractivity contribution in [1.29, 1.82) is 0 Å². The summed E-state index contributed by atoms with van der Waals surface area (Å²) in [6, 6.07) is 10.3. The summed E-state index contributed by atoms with van der Waals surface area (Å²) < 4.78 is 22.9. The van der Waals surface area contributed by atoms with Crippen LogP contribution in [0, 0.1) is 31.6 Å². The van der Waals surface area contributed by atoms with E-state index in [9.17, 15) is 18.0 Å². The lowest BCUT2D eigenvalue weighted by Crippen LogP contribution is -2.37. The number of hydrogen-bond acceptors (Lipinski definition) is 8. The number of aryl methyl sites for hydroxylation is 2. The van der Waals surface area contributed by atoms with Crippen LogP contribution in [-0.4, -0.2) is 84.9 Å². The Balaban J connectivity index is 1.16. The van der Waals surface area contributed by atoms with Crippen LogP contribution in [0.4, 0.5) is 5.95 Å². The Morgan fingerprint density at radius 2 is 1.59 bits per heavy atom. The van der Waals surface area contributed by atoms with E-state index in [4.69, 9.17) is 0 Å². The topological polar surface area (TPSA) is 125 Å². The standard InChI is InChI=1S/C30H42N6O4S/c1-20-27(21(2)33-30(32-20)31-19-41(3,39)40)29(38)36-17-24-15-35(16-25(24)18-36)14-13-26(22-9-5-4-6-10-22)34-28(37)23-11-7-8-12-23/h4-6,9-10,23-26H,7-8,11-19H2,1-3H3,(H,34,37)(H,31,32,33)/t24-,25?,26?/m0/s1. The molecule has 0 bridgehead atoms. The fourth-order valence-electron chi connectivity index (χ4n) is 6.69. The minimum Gasteiger partial charge on any atom is -0.349 e. The summed E-state index contributed by atoms with van der Waals surface area (Å²) in [6.45, 7) is 7.72. The second-order valence-electron chi connectivity index (χ2n) is 12.1. The van der Waals surface area contributed by atoms with Crippen LogP contribution in [0.25, 0.3) is 0 Å². The molecular weight excluding hydrogens is 540 g/mol. The van der Waals surface area contributed by atoms with Gasteiger partial charge in [0.15, 0.2) is 9.84 Å². The summed E-state index contributed by atoms with van der Waals surface area (Å²) in [5.74, 6) is 1.06. The third-order valence-corrected chi connectivity index (χ3v) is 9.47. The molecule has 11 heteroatoms. The van der Waals surface area contributed by atoms with Gasteiger partial charge >= 0.3 is 0 Å². The molecule has 5 rings (SSSR count). The van der Waals surface area contributed by atoms with E-state index in [1.165, 1.54) is 0 Å². The van der Waals surface area contributed by atoms with Crippen molar-refractivity contribution in [3.63, 3.8) is 0 Å². The summed E-state index contributed by atoms with van der Waals surface area (Å²) in [4.78, 5) is 39.5. The average Bonchev–Trinajstić information content (AvgIpc) is 3.67. The number of carbonyl (C=O) groups is 2. The molecule has 3 aliphatic rings. The van der Waals surface area contributed by atoms with Gasteiger partial charge in [-0.1, -0.05) is 43.2 Å². The molecule has 3 fully saturated rings. The monoisotopic (exact) mass is 582 g/mol. The molecule has 0 radical (unpaired) electrons. The molecule has 1 saturated carbocycles. The van der Waals surface area contributed by atoms with E-state index in [0.717, 1.165) is 63.6 Å². The van der Waals surface area contributed by atoms with Gasteiger partial charge in [-0.3, -0.25) is 9.59 Å². The molecule has 2 amide bonds. The van der Waals surface area contributed by atoms with Crippen molar-refractivity contribution in [3.05, 3.63) is 52.8 Å². The number of nitrogens with one attached hydrogen (secondary N) is 2. The molecule has 1 aromatic carbocycles. The highest BCUT2D eigenvalue weighted by atomic mass is 32.2. The summed E-state index contributed by atoms with van der Waals surface area (Å²) in [7, 11) is -3.22. The first-order valence-electron chi connectivity index (χ1n) is 14.7. The van der Waals surface area contributed by atoms with Crippen molar-refractivity contribution >= 4 is 27.6 Å². The van der Waals surface area contributed by atoms with E-state index in [1.54, 1.807) is 13.8 Å². The Morgan fingerprint density at radius 1 is 0.976 bits per heavy atom. The summed E-state index contributed by atoms with van der Waals surface area (Å²) in [5.41, 5.74) is 2.74. The van der Waals surface area contributed by atoms with Crippen molar-refractivity contribution < 1.29 is 18.0 Å². The maximum atomic E-state index is 13.5. The number of sulfone groups is 1. The Labute approximate surface area is 243 Å². The third-order valence-electron chi connectivity index (χ3n) is 8.80. The van der Waals surface area contributed by atoms with E-state index >= 15 is 0 Å². The van der Waals surface area contributed by atoms with Crippen LogP contribution in [0.1, 0.15) is 65.5 Å². The Kier molecular flexibility index (Phi) is 8.94. The number of likely N-dealkylation sites (tertiary alicyclic amines) is 2. The molecule has 1 aromatic heterocycles. The molecule has 10 nitrogen and oxygen atoms in total.